The van der Waals surface area contributed by atoms with Crippen molar-refractivity contribution in [3.63, 3.8) is 0 Å². The molecule has 2 rings (SSSR count). The summed E-state index contributed by atoms with van der Waals surface area (Å²) in [6.07, 6.45) is 4.72. The van der Waals surface area contributed by atoms with E-state index in [1.165, 1.54) is 24.1 Å². The second-order valence-electron chi connectivity index (χ2n) is 3.44. The van der Waals surface area contributed by atoms with Crippen molar-refractivity contribution < 1.29 is 0 Å². The highest BCUT2D eigenvalue weighted by atomic mass is 15.1. The van der Waals surface area contributed by atoms with Crippen molar-refractivity contribution >= 4 is 0 Å². The normalized spacial score (nSPS) is 22.8. The van der Waals surface area contributed by atoms with Gasteiger partial charge in [-0.3, -0.25) is 0 Å². The van der Waals surface area contributed by atoms with E-state index in [0.717, 1.165) is 0 Å². The Morgan fingerprint density at radius 2 is 2.08 bits per heavy atom. The van der Waals surface area contributed by atoms with Crippen molar-refractivity contribution in [3.8, 4) is 0 Å². The third-order valence-electron chi connectivity index (χ3n) is 2.32. The van der Waals surface area contributed by atoms with Crippen LogP contribution in [0.15, 0.2) is 42.1 Å². The summed E-state index contributed by atoms with van der Waals surface area (Å²) in [6.45, 7) is 2.21. The van der Waals surface area contributed by atoms with Crippen LogP contribution in [0.4, 0.5) is 0 Å². The molecule has 0 amide bonds. The molecular formula is C12H15N. The Hall–Kier alpha value is -1.24. The van der Waals surface area contributed by atoms with Crippen LogP contribution in [0.1, 0.15) is 31.4 Å². The van der Waals surface area contributed by atoms with Gasteiger partial charge in [-0.15, -0.1) is 0 Å². The molecule has 0 aromatic heterocycles. The highest BCUT2D eigenvalue weighted by Crippen LogP contribution is 2.33. The van der Waals surface area contributed by atoms with Crippen molar-refractivity contribution in [3.05, 3.63) is 47.7 Å². The fourth-order valence-electron chi connectivity index (χ4n) is 1.51. The first kappa shape index (κ1) is 8.36. The number of hydrogen-bond acceptors (Lipinski definition) is 1. The zero-order valence-corrected chi connectivity index (χ0v) is 7.96. The number of hydrogen-bond donors (Lipinski definition) is 1. The van der Waals surface area contributed by atoms with Crippen molar-refractivity contribution in [2.75, 3.05) is 0 Å². The molecule has 1 atom stereocenters. The highest BCUT2D eigenvalue weighted by molar-refractivity contribution is 5.37. The van der Waals surface area contributed by atoms with Gasteiger partial charge in [-0.2, -0.15) is 0 Å². The molecule has 1 aromatic carbocycles. The first-order chi connectivity index (χ1) is 6.42. The summed E-state index contributed by atoms with van der Waals surface area (Å²) in [6, 6.07) is 11.1. The van der Waals surface area contributed by atoms with Crippen LogP contribution in [0.5, 0.6) is 0 Å². The van der Waals surface area contributed by atoms with E-state index >= 15 is 0 Å². The number of benzene rings is 1. The van der Waals surface area contributed by atoms with Gasteiger partial charge in [0.2, 0.25) is 0 Å². The maximum Gasteiger partial charge on any atom is 0.0909 e. The van der Waals surface area contributed by atoms with Crippen LogP contribution in [0.25, 0.3) is 0 Å². The maximum absolute atomic E-state index is 3.38. The molecule has 1 saturated heterocycles. The van der Waals surface area contributed by atoms with Gasteiger partial charge in [0, 0.05) is 5.70 Å². The van der Waals surface area contributed by atoms with Crippen molar-refractivity contribution in [2.45, 2.75) is 25.8 Å². The Kier molecular flexibility index (Phi) is 2.35. The van der Waals surface area contributed by atoms with E-state index in [-0.39, 0.29) is 0 Å². The molecule has 1 aliphatic rings. The molecule has 13 heavy (non-hydrogen) atoms. The molecule has 0 bridgehead atoms. The van der Waals surface area contributed by atoms with Gasteiger partial charge in [-0.25, -0.2) is 0 Å². The van der Waals surface area contributed by atoms with Crippen LogP contribution in [0.2, 0.25) is 0 Å². The van der Waals surface area contributed by atoms with Gasteiger partial charge >= 0.3 is 0 Å². The minimum atomic E-state index is 0.507. The van der Waals surface area contributed by atoms with Crippen LogP contribution in [0.3, 0.4) is 0 Å². The second kappa shape index (κ2) is 3.65. The van der Waals surface area contributed by atoms with E-state index < -0.39 is 0 Å². The lowest BCUT2D eigenvalue weighted by Gasteiger charge is -1.91. The molecule has 1 fully saturated rings. The highest BCUT2D eigenvalue weighted by Gasteiger charge is 2.28. The van der Waals surface area contributed by atoms with Crippen molar-refractivity contribution in [2.24, 2.45) is 0 Å². The summed E-state index contributed by atoms with van der Waals surface area (Å²) in [5, 5.41) is 3.38. The Balaban J connectivity index is 2.00. The SMILES string of the molecule is CCCC=C1NC1c1ccccc1. The Bertz CT molecular complexity index is 300. The van der Waals surface area contributed by atoms with Gasteiger partial charge in [0.1, 0.15) is 0 Å². The predicted octanol–water partition coefficient (Wildman–Crippen LogP) is 3.01. The molecule has 0 spiro atoms. The third-order valence-corrected chi connectivity index (χ3v) is 2.32. The fourth-order valence-corrected chi connectivity index (χ4v) is 1.51. The summed E-state index contributed by atoms with van der Waals surface area (Å²) in [5.74, 6) is 0. The third kappa shape index (κ3) is 1.92. The molecule has 1 N–H and O–H groups in total. The van der Waals surface area contributed by atoms with E-state index in [1.807, 2.05) is 0 Å². The predicted molar refractivity (Wildman–Crippen MR) is 55.3 cm³/mol. The van der Waals surface area contributed by atoms with Crippen LogP contribution in [-0.4, -0.2) is 0 Å². The van der Waals surface area contributed by atoms with Crippen molar-refractivity contribution in [1.82, 2.24) is 5.32 Å². The van der Waals surface area contributed by atoms with Crippen molar-refractivity contribution in [1.29, 1.82) is 0 Å². The van der Waals surface area contributed by atoms with Gasteiger partial charge in [-0.1, -0.05) is 49.8 Å². The molecule has 1 heterocycles. The minimum absolute atomic E-state index is 0.507. The van der Waals surface area contributed by atoms with Crippen LogP contribution in [-0.2, 0) is 0 Å². The maximum atomic E-state index is 3.38. The van der Waals surface area contributed by atoms with E-state index in [0.29, 0.717) is 6.04 Å². The summed E-state index contributed by atoms with van der Waals surface area (Å²) < 4.78 is 0. The lowest BCUT2D eigenvalue weighted by molar-refractivity contribution is 0.954. The summed E-state index contributed by atoms with van der Waals surface area (Å²) >= 11 is 0. The van der Waals surface area contributed by atoms with E-state index in [1.54, 1.807) is 0 Å². The Morgan fingerprint density at radius 1 is 1.31 bits per heavy atom. The molecule has 1 aliphatic heterocycles. The van der Waals surface area contributed by atoms with Crippen LogP contribution < -0.4 is 5.32 Å². The second-order valence-corrected chi connectivity index (χ2v) is 3.44. The van der Waals surface area contributed by atoms with E-state index in [9.17, 15) is 0 Å². The molecule has 1 nitrogen and oxygen atoms in total. The van der Waals surface area contributed by atoms with Gasteiger partial charge in [0.25, 0.3) is 0 Å². The minimum Gasteiger partial charge on any atom is -0.374 e. The summed E-state index contributed by atoms with van der Waals surface area (Å²) in [5.41, 5.74) is 2.78. The molecule has 0 saturated carbocycles. The number of allylic oxidation sites excluding steroid dienone is 1. The number of nitrogens with one attached hydrogen (secondary N) is 1. The zero-order chi connectivity index (χ0) is 9.10. The van der Waals surface area contributed by atoms with E-state index in [4.69, 9.17) is 0 Å². The molecule has 0 aliphatic carbocycles. The fraction of sp³-hybridized carbons (Fsp3) is 0.333. The smallest absolute Gasteiger partial charge is 0.0909 e. The molecule has 0 radical (unpaired) electrons. The standard InChI is InChI=1S/C12H15N/c1-2-3-9-11-12(13-11)10-7-5-4-6-8-10/h4-9,12-13H,2-3H2,1H3. The quantitative estimate of drug-likeness (QED) is 0.697. The lowest BCUT2D eigenvalue weighted by Crippen LogP contribution is -1.80. The summed E-state index contributed by atoms with van der Waals surface area (Å²) in [4.78, 5) is 0. The van der Waals surface area contributed by atoms with Gasteiger partial charge in [0.15, 0.2) is 0 Å². The van der Waals surface area contributed by atoms with Gasteiger partial charge in [-0.05, 0) is 12.0 Å². The molecule has 1 heteroatoms. The topological polar surface area (TPSA) is 21.9 Å². The molecule has 1 unspecified atom stereocenters. The average molecular weight is 173 g/mol. The Morgan fingerprint density at radius 3 is 2.77 bits per heavy atom. The average Bonchev–Trinajstić information content (AvgIpc) is 2.95. The monoisotopic (exact) mass is 173 g/mol. The van der Waals surface area contributed by atoms with Crippen LogP contribution >= 0.6 is 0 Å². The van der Waals surface area contributed by atoms with E-state index in [2.05, 4.69) is 48.6 Å². The largest absolute Gasteiger partial charge is 0.374 e. The Labute approximate surface area is 79.5 Å². The summed E-state index contributed by atoms with van der Waals surface area (Å²) in [7, 11) is 0. The molecule has 68 valence electrons. The van der Waals surface area contributed by atoms with Gasteiger partial charge in [0.05, 0.1) is 6.04 Å². The number of rotatable bonds is 3. The lowest BCUT2D eigenvalue weighted by atomic mass is 10.1. The van der Waals surface area contributed by atoms with Gasteiger partial charge < -0.3 is 5.32 Å². The first-order valence-electron chi connectivity index (χ1n) is 4.93. The first-order valence-corrected chi connectivity index (χ1v) is 4.93. The zero-order valence-electron chi connectivity index (χ0n) is 7.96. The number of unbranched alkanes of at least 4 members (excludes halogenated alkanes) is 1. The van der Waals surface area contributed by atoms with Crippen LogP contribution in [0, 0.1) is 0 Å². The molecule has 1 aromatic rings. The molecular weight excluding hydrogens is 158 g/mol.